The van der Waals surface area contributed by atoms with Gasteiger partial charge in [-0.1, -0.05) is 0 Å². The average Bonchev–Trinajstić information content (AvgIpc) is 2.53. The molecule has 1 aromatic heterocycles. The Morgan fingerprint density at radius 2 is 1.88 bits per heavy atom. The first-order valence-corrected chi connectivity index (χ1v) is 6.03. The summed E-state index contributed by atoms with van der Waals surface area (Å²) in [6.45, 7) is 4.14. The Morgan fingerprint density at radius 1 is 1.24 bits per heavy atom. The summed E-state index contributed by atoms with van der Waals surface area (Å²) in [5, 5.41) is 0. The van der Waals surface area contributed by atoms with Gasteiger partial charge in [0.25, 0.3) is 0 Å². The standard InChI is InChI=1S/C12H18N4.ClH/c1-8-4-11(15-7-14-8)16-5-9-2-3-10(6-16)12(9)13;/h4,7,9-10,12H,2-3,5-6,13H2,1H3;1H/t9-,10+,12?;. The van der Waals surface area contributed by atoms with Crippen molar-refractivity contribution < 1.29 is 0 Å². The number of nitrogens with zero attached hydrogens (tertiary/aromatic N) is 3. The summed E-state index contributed by atoms with van der Waals surface area (Å²) < 4.78 is 0. The molecule has 1 unspecified atom stereocenters. The molecule has 2 aliphatic rings. The molecule has 0 radical (unpaired) electrons. The second kappa shape index (κ2) is 4.78. The van der Waals surface area contributed by atoms with E-state index in [4.69, 9.17) is 5.73 Å². The van der Waals surface area contributed by atoms with Crippen LogP contribution in [-0.4, -0.2) is 29.1 Å². The van der Waals surface area contributed by atoms with Gasteiger partial charge in [-0.25, -0.2) is 9.97 Å². The SMILES string of the molecule is Cc1cc(N2C[C@H]3CC[C@@H](C2)C3N)ncn1.Cl. The molecule has 1 aliphatic heterocycles. The number of hydrogen-bond acceptors (Lipinski definition) is 4. The van der Waals surface area contributed by atoms with Gasteiger partial charge in [0.2, 0.25) is 0 Å². The van der Waals surface area contributed by atoms with E-state index in [-0.39, 0.29) is 12.4 Å². The molecule has 2 fully saturated rings. The molecule has 0 aromatic carbocycles. The van der Waals surface area contributed by atoms with E-state index < -0.39 is 0 Å². The molecular formula is C12H19ClN4. The lowest BCUT2D eigenvalue weighted by atomic mass is 9.93. The van der Waals surface area contributed by atoms with Crippen molar-refractivity contribution >= 4 is 18.2 Å². The molecule has 0 amide bonds. The zero-order valence-electron chi connectivity index (χ0n) is 10.0. The van der Waals surface area contributed by atoms with Gasteiger partial charge in [-0.05, 0) is 31.6 Å². The lowest BCUT2D eigenvalue weighted by molar-refractivity contribution is 0.355. The van der Waals surface area contributed by atoms with Crippen LogP contribution in [-0.2, 0) is 0 Å². The van der Waals surface area contributed by atoms with Crippen LogP contribution in [0.4, 0.5) is 5.82 Å². The van der Waals surface area contributed by atoms with Crippen molar-refractivity contribution in [2.75, 3.05) is 18.0 Å². The second-order valence-corrected chi connectivity index (χ2v) is 5.10. The number of halogens is 1. The third kappa shape index (κ3) is 2.24. The average molecular weight is 255 g/mol. The highest BCUT2D eigenvalue weighted by molar-refractivity contribution is 5.85. The van der Waals surface area contributed by atoms with Crippen LogP contribution < -0.4 is 10.6 Å². The van der Waals surface area contributed by atoms with Crippen molar-refractivity contribution in [3.05, 3.63) is 18.1 Å². The number of hydrogen-bond donors (Lipinski definition) is 1. The van der Waals surface area contributed by atoms with E-state index in [1.54, 1.807) is 6.33 Å². The van der Waals surface area contributed by atoms with Crippen LogP contribution in [0.2, 0.25) is 0 Å². The smallest absolute Gasteiger partial charge is 0.132 e. The highest BCUT2D eigenvalue weighted by atomic mass is 35.5. The largest absolute Gasteiger partial charge is 0.356 e. The van der Waals surface area contributed by atoms with Gasteiger partial charge in [0.05, 0.1) is 0 Å². The summed E-state index contributed by atoms with van der Waals surface area (Å²) in [7, 11) is 0. The number of aromatic nitrogens is 2. The molecule has 4 nitrogen and oxygen atoms in total. The zero-order valence-corrected chi connectivity index (χ0v) is 10.9. The normalized spacial score (nSPS) is 31.2. The summed E-state index contributed by atoms with van der Waals surface area (Å²) in [6, 6.07) is 2.48. The minimum Gasteiger partial charge on any atom is -0.356 e. The maximum absolute atomic E-state index is 6.20. The van der Waals surface area contributed by atoms with Crippen LogP contribution in [0.5, 0.6) is 0 Å². The molecular weight excluding hydrogens is 236 g/mol. The van der Waals surface area contributed by atoms with Gasteiger partial charge in [-0.15, -0.1) is 12.4 Å². The predicted molar refractivity (Wildman–Crippen MR) is 70.4 cm³/mol. The fourth-order valence-electron chi connectivity index (χ4n) is 3.07. The summed E-state index contributed by atoms with van der Waals surface area (Å²) >= 11 is 0. The van der Waals surface area contributed by atoms with E-state index in [2.05, 4.69) is 20.9 Å². The van der Waals surface area contributed by atoms with Gasteiger partial charge in [-0.3, -0.25) is 0 Å². The van der Waals surface area contributed by atoms with Gasteiger partial charge in [0.1, 0.15) is 12.1 Å². The topological polar surface area (TPSA) is 55.0 Å². The van der Waals surface area contributed by atoms with Crippen molar-refractivity contribution in [2.45, 2.75) is 25.8 Å². The first-order valence-electron chi connectivity index (χ1n) is 6.03. The number of fused-ring (bicyclic) bond motifs is 2. The Labute approximate surface area is 108 Å². The Morgan fingerprint density at radius 3 is 2.47 bits per heavy atom. The quantitative estimate of drug-likeness (QED) is 0.823. The van der Waals surface area contributed by atoms with Crippen LogP contribution in [0, 0.1) is 18.8 Å². The van der Waals surface area contributed by atoms with E-state index in [0.29, 0.717) is 17.9 Å². The summed E-state index contributed by atoms with van der Waals surface area (Å²) in [4.78, 5) is 10.9. The molecule has 2 N–H and O–H groups in total. The van der Waals surface area contributed by atoms with Gasteiger partial charge < -0.3 is 10.6 Å². The lowest BCUT2D eigenvalue weighted by Gasteiger charge is -2.36. The van der Waals surface area contributed by atoms with Gasteiger partial charge in [-0.2, -0.15) is 0 Å². The van der Waals surface area contributed by atoms with Crippen LogP contribution >= 0.6 is 12.4 Å². The Bertz CT molecular complexity index is 384. The van der Waals surface area contributed by atoms with Crippen molar-refractivity contribution in [3.63, 3.8) is 0 Å². The second-order valence-electron chi connectivity index (χ2n) is 5.10. The molecule has 5 heteroatoms. The molecule has 17 heavy (non-hydrogen) atoms. The van der Waals surface area contributed by atoms with Gasteiger partial charge >= 0.3 is 0 Å². The Balaban J connectivity index is 0.00000108. The van der Waals surface area contributed by atoms with Crippen LogP contribution in [0.3, 0.4) is 0 Å². The van der Waals surface area contributed by atoms with E-state index in [1.807, 2.05) is 6.92 Å². The summed E-state index contributed by atoms with van der Waals surface area (Å²) in [5.74, 6) is 2.39. The number of rotatable bonds is 1. The highest BCUT2D eigenvalue weighted by Crippen LogP contribution is 2.36. The maximum atomic E-state index is 6.20. The van der Waals surface area contributed by atoms with E-state index in [9.17, 15) is 0 Å². The Hall–Kier alpha value is -0.870. The maximum Gasteiger partial charge on any atom is 0.132 e. The third-order valence-corrected chi connectivity index (χ3v) is 4.02. The van der Waals surface area contributed by atoms with Gasteiger partial charge in [0, 0.05) is 30.9 Å². The number of piperidine rings is 1. The van der Waals surface area contributed by atoms with Gasteiger partial charge in [0.15, 0.2) is 0 Å². The minimum absolute atomic E-state index is 0. The molecule has 94 valence electrons. The van der Waals surface area contributed by atoms with Crippen molar-refractivity contribution in [1.29, 1.82) is 0 Å². The van der Waals surface area contributed by atoms with Crippen LogP contribution in [0.25, 0.3) is 0 Å². The van der Waals surface area contributed by atoms with E-state index in [0.717, 1.165) is 24.6 Å². The molecule has 0 spiro atoms. The molecule has 3 rings (SSSR count). The van der Waals surface area contributed by atoms with Crippen molar-refractivity contribution in [2.24, 2.45) is 17.6 Å². The Kier molecular flexibility index (Phi) is 3.54. The monoisotopic (exact) mass is 254 g/mol. The molecule has 2 bridgehead atoms. The first kappa shape index (κ1) is 12.6. The minimum atomic E-state index is 0. The fraction of sp³-hybridized carbons (Fsp3) is 0.667. The van der Waals surface area contributed by atoms with Crippen LogP contribution in [0.1, 0.15) is 18.5 Å². The third-order valence-electron chi connectivity index (χ3n) is 4.02. The molecule has 1 aromatic rings. The molecule has 1 saturated carbocycles. The molecule has 3 atom stereocenters. The van der Waals surface area contributed by atoms with Crippen molar-refractivity contribution in [3.8, 4) is 0 Å². The predicted octanol–water partition coefficient (Wildman–Crippen LogP) is 1.38. The lowest BCUT2D eigenvalue weighted by Crippen LogP contribution is -2.49. The fourth-order valence-corrected chi connectivity index (χ4v) is 3.07. The van der Waals surface area contributed by atoms with Crippen LogP contribution in [0.15, 0.2) is 12.4 Å². The molecule has 2 heterocycles. The molecule has 1 aliphatic carbocycles. The van der Waals surface area contributed by atoms with E-state index >= 15 is 0 Å². The zero-order chi connectivity index (χ0) is 11.1. The van der Waals surface area contributed by atoms with E-state index in [1.165, 1.54) is 12.8 Å². The number of nitrogens with two attached hydrogens (primary N) is 1. The first-order chi connectivity index (χ1) is 7.74. The number of aryl methyl sites for hydroxylation is 1. The van der Waals surface area contributed by atoms with Crippen molar-refractivity contribution in [1.82, 2.24) is 9.97 Å². The summed E-state index contributed by atoms with van der Waals surface area (Å²) in [6.07, 6.45) is 4.22. The molecule has 1 saturated heterocycles. The highest BCUT2D eigenvalue weighted by Gasteiger charge is 2.40. The number of anilines is 1. The summed E-state index contributed by atoms with van der Waals surface area (Å²) in [5.41, 5.74) is 7.23.